The Balaban J connectivity index is 2.44. The van der Waals surface area contributed by atoms with Crippen molar-refractivity contribution in [3.05, 3.63) is 9.81 Å². The standard InChI is InChI=1S/C4H4N6O4/c11-2-5-1-4(7-2,8-13)10(9-14)3(12)6-1/h1H,(H,6,12)(H2,5,7,11). The van der Waals surface area contributed by atoms with Gasteiger partial charge >= 0.3 is 17.8 Å². The third-order valence-corrected chi connectivity index (χ3v) is 1.98. The number of hydrogen-bond acceptors (Lipinski definition) is 6. The summed E-state index contributed by atoms with van der Waals surface area (Å²) in [5, 5.41) is 11.4. The molecule has 4 amide bonds. The van der Waals surface area contributed by atoms with Gasteiger partial charge in [0.15, 0.2) is 6.17 Å². The molecule has 10 heteroatoms. The van der Waals surface area contributed by atoms with Crippen LogP contribution in [0.5, 0.6) is 0 Å². The highest BCUT2D eigenvalue weighted by Crippen LogP contribution is 2.27. The van der Waals surface area contributed by atoms with Crippen molar-refractivity contribution in [3.8, 4) is 0 Å². The predicted molar refractivity (Wildman–Crippen MR) is 40.1 cm³/mol. The lowest BCUT2D eigenvalue weighted by molar-refractivity contribution is 0.137. The van der Waals surface area contributed by atoms with Crippen LogP contribution >= 0.6 is 0 Å². The van der Waals surface area contributed by atoms with Gasteiger partial charge in [-0.2, -0.15) is 0 Å². The molecule has 2 rings (SSSR count). The van der Waals surface area contributed by atoms with E-state index in [2.05, 4.69) is 21.1 Å². The molecule has 3 N–H and O–H groups in total. The zero-order valence-corrected chi connectivity index (χ0v) is 6.55. The molecule has 2 heterocycles. The van der Waals surface area contributed by atoms with E-state index in [-0.39, 0.29) is 5.01 Å². The zero-order valence-electron chi connectivity index (χ0n) is 6.55. The van der Waals surface area contributed by atoms with E-state index in [0.29, 0.717) is 0 Å². The van der Waals surface area contributed by atoms with Crippen LogP contribution in [-0.2, 0) is 0 Å². The highest BCUT2D eigenvalue weighted by Gasteiger charge is 2.62. The van der Waals surface area contributed by atoms with Crippen LogP contribution in [0.4, 0.5) is 9.59 Å². The average molecular weight is 200 g/mol. The fraction of sp³-hybridized carbons (Fsp3) is 0.500. The van der Waals surface area contributed by atoms with Crippen LogP contribution in [0.15, 0.2) is 10.5 Å². The van der Waals surface area contributed by atoms with E-state index in [4.69, 9.17) is 0 Å². The largest absolute Gasteiger partial charge is 0.346 e. The number of carbonyl (C=O) groups is 2. The molecule has 0 aliphatic carbocycles. The summed E-state index contributed by atoms with van der Waals surface area (Å²) in [7, 11) is 0. The van der Waals surface area contributed by atoms with E-state index in [1.165, 1.54) is 0 Å². The Kier molecular flexibility index (Phi) is 1.41. The van der Waals surface area contributed by atoms with Crippen LogP contribution in [0.25, 0.3) is 0 Å². The maximum Gasteiger partial charge on any atom is 0.346 e. The lowest BCUT2D eigenvalue weighted by Gasteiger charge is -2.20. The molecule has 0 aromatic rings. The van der Waals surface area contributed by atoms with Gasteiger partial charge in [0, 0.05) is 0 Å². The van der Waals surface area contributed by atoms with Gasteiger partial charge in [-0.05, 0) is 5.18 Å². The highest BCUT2D eigenvalue weighted by atomic mass is 16.3. The second-order valence-corrected chi connectivity index (χ2v) is 2.69. The molecule has 0 radical (unpaired) electrons. The molecule has 0 aromatic carbocycles. The molecule has 2 fully saturated rings. The van der Waals surface area contributed by atoms with Gasteiger partial charge in [-0.15, -0.1) is 14.8 Å². The Hall–Kier alpha value is -2.26. The van der Waals surface area contributed by atoms with Crippen LogP contribution < -0.4 is 16.0 Å². The summed E-state index contributed by atoms with van der Waals surface area (Å²) in [6.45, 7) is 0. The molecule has 2 atom stereocenters. The van der Waals surface area contributed by atoms with Crippen molar-refractivity contribution in [3.63, 3.8) is 0 Å². The maximum atomic E-state index is 11.0. The molecule has 14 heavy (non-hydrogen) atoms. The molecule has 2 saturated heterocycles. The number of nitrogens with one attached hydrogen (secondary N) is 3. The lowest BCUT2D eigenvalue weighted by atomic mass is 10.3. The third kappa shape index (κ3) is 0.739. The van der Waals surface area contributed by atoms with Gasteiger partial charge < -0.3 is 10.6 Å². The number of urea groups is 2. The van der Waals surface area contributed by atoms with Crippen molar-refractivity contribution in [2.75, 3.05) is 0 Å². The number of hydrogen-bond donors (Lipinski definition) is 3. The molecule has 0 aromatic heterocycles. The fourth-order valence-electron chi connectivity index (χ4n) is 1.37. The summed E-state index contributed by atoms with van der Waals surface area (Å²) in [6.07, 6.45) is -1.09. The fourth-order valence-corrected chi connectivity index (χ4v) is 1.37. The topological polar surface area (TPSA) is 132 Å². The maximum absolute atomic E-state index is 11.0. The van der Waals surface area contributed by atoms with Crippen molar-refractivity contribution >= 4 is 12.1 Å². The number of nitroso groups, excluding NO2 is 2. The lowest BCUT2D eigenvalue weighted by Crippen LogP contribution is -2.54. The van der Waals surface area contributed by atoms with Crippen molar-refractivity contribution in [1.82, 2.24) is 21.0 Å². The molecule has 2 aliphatic heterocycles. The number of nitrogens with zero attached hydrogens (tertiary/aromatic N) is 3. The molecule has 0 bridgehead atoms. The van der Waals surface area contributed by atoms with Crippen molar-refractivity contribution in [2.24, 2.45) is 10.5 Å². The van der Waals surface area contributed by atoms with Crippen molar-refractivity contribution < 1.29 is 9.59 Å². The van der Waals surface area contributed by atoms with E-state index >= 15 is 0 Å². The molecule has 10 nitrogen and oxygen atoms in total. The third-order valence-electron chi connectivity index (χ3n) is 1.98. The molecule has 2 unspecified atom stereocenters. The minimum Gasteiger partial charge on any atom is -0.312 e. The van der Waals surface area contributed by atoms with Gasteiger partial charge in [0.2, 0.25) is 0 Å². The summed E-state index contributed by atoms with van der Waals surface area (Å²) in [6, 6.07) is -1.62. The minimum atomic E-state index is -1.99. The van der Waals surface area contributed by atoms with Crippen LogP contribution in [0, 0.1) is 9.81 Å². The Morgan fingerprint density at radius 3 is 2.57 bits per heavy atom. The Bertz CT molecular complexity index is 343. The molecule has 74 valence electrons. The minimum absolute atomic E-state index is 0.239. The number of amides is 4. The summed E-state index contributed by atoms with van der Waals surface area (Å²) in [5.74, 6) is -1.99. The van der Waals surface area contributed by atoms with Crippen molar-refractivity contribution in [2.45, 2.75) is 12.0 Å². The van der Waals surface area contributed by atoms with Crippen LogP contribution in [0.3, 0.4) is 0 Å². The Morgan fingerprint density at radius 1 is 1.29 bits per heavy atom. The smallest absolute Gasteiger partial charge is 0.312 e. The highest BCUT2D eigenvalue weighted by molar-refractivity contribution is 5.86. The first-order valence-electron chi connectivity index (χ1n) is 3.51. The predicted octanol–water partition coefficient (Wildman–Crippen LogP) is -1.25. The molecule has 2 aliphatic rings. The van der Waals surface area contributed by atoms with Crippen LogP contribution in [-0.4, -0.2) is 29.0 Å². The zero-order chi connectivity index (χ0) is 10.3. The Labute approximate surface area is 75.9 Å². The van der Waals surface area contributed by atoms with E-state index in [9.17, 15) is 19.4 Å². The van der Waals surface area contributed by atoms with E-state index in [1.807, 2.05) is 5.32 Å². The second kappa shape index (κ2) is 2.37. The number of fused-ring (bicyclic) bond motifs is 1. The quantitative estimate of drug-likeness (QED) is 0.480. The monoisotopic (exact) mass is 200 g/mol. The van der Waals surface area contributed by atoms with E-state index in [0.717, 1.165) is 0 Å². The molecule has 0 saturated carbocycles. The van der Waals surface area contributed by atoms with Crippen LogP contribution in [0.1, 0.15) is 0 Å². The summed E-state index contributed by atoms with van der Waals surface area (Å²) < 4.78 is 0. The van der Waals surface area contributed by atoms with Gasteiger partial charge in [0.1, 0.15) is 0 Å². The van der Waals surface area contributed by atoms with Gasteiger partial charge in [0.25, 0.3) is 0 Å². The van der Waals surface area contributed by atoms with E-state index in [1.54, 1.807) is 0 Å². The molecular weight excluding hydrogens is 196 g/mol. The van der Waals surface area contributed by atoms with Crippen LogP contribution in [0.2, 0.25) is 0 Å². The van der Waals surface area contributed by atoms with Gasteiger partial charge in [0.05, 0.1) is 5.29 Å². The second-order valence-electron chi connectivity index (χ2n) is 2.69. The molecule has 0 spiro atoms. The van der Waals surface area contributed by atoms with Gasteiger partial charge in [-0.3, -0.25) is 5.32 Å². The first kappa shape index (κ1) is 8.34. The van der Waals surface area contributed by atoms with E-state index < -0.39 is 24.0 Å². The van der Waals surface area contributed by atoms with Gasteiger partial charge in [-0.25, -0.2) is 9.59 Å². The normalized spacial score (nSPS) is 34.3. The van der Waals surface area contributed by atoms with Crippen molar-refractivity contribution in [1.29, 1.82) is 0 Å². The number of rotatable bonds is 2. The summed E-state index contributed by atoms with van der Waals surface area (Å²) in [5.41, 5.74) is 0. The average Bonchev–Trinajstić information content (AvgIpc) is 2.55. The van der Waals surface area contributed by atoms with Gasteiger partial charge in [-0.1, -0.05) is 0 Å². The summed E-state index contributed by atoms with van der Waals surface area (Å²) >= 11 is 0. The Morgan fingerprint density at radius 2 is 2.00 bits per heavy atom. The first-order valence-corrected chi connectivity index (χ1v) is 3.51. The SMILES string of the molecule is O=NN1C(=O)NC2NC(=O)NC21N=O. The number of carbonyl (C=O) groups excluding carboxylic acids is 2. The first-order chi connectivity index (χ1) is 6.64. The summed E-state index contributed by atoms with van der Waals surface area (Å²) in [4.78, 5) is 42.7. The molecular formula is C4H4N6O4.